The van der Waals surface area contributed by atoms with Crippen molar-refractivity contribution >= 4 is 40.6 Å². The van der Waals surface area contributed by atoms with E-state index in [1.54, 1.807) is 24.3 Å². The minimum absolute atomic E-state index is 0. The number of benzene rings is 1. The molecule has 3 N–H and O–H groups in total. The van der Waals surface area contributed by atoms with Crippen molar-refractivity contribution in [2.24, 2.45) is 0 Å². The van der Waals surface area contributed by atoms with Crippen molar-refractivity contribution in [1.29, 1.82) is 0 Å². The fraction of sp³-hybridized carbons (Fsp3) is 0. The topological polar surface area (TPSA) is 107 Å². The smallest absolute Gasteiger partial charge is 0.356 e. The van der Waals surface area contributed by atoms with Gasteiger partial charge in [0.1, 0.15) is 5.82 Å². The van der Waals surface area contributed by atoms with Gasteiger partial charge in [-0.3, -0.25) is 9.78 Å². The Morgan fingerprint density at radius 3 is 2.60 bits per heavy atom. The zero-order valence-electron chi connectivity index (χ0n) is 10.2. The predicted octanol–water partition coefficient (Wildman–Crippen LogP) is -0.330. The molecule has 0 saturated carbocycles. The first-order valence-corrected chi connectivity index (χ1v) is 5.50. The molecule has 8 heteroatoms. The van der Waals surface area contributed by atoms with Gasteiger partial charge < -0.3 is 5.73 Å². The van der Waals surface area contributed by atoms with Crippen molar-refractivity contribution < 1.29 is 0 Å². The van der Waals surface area contributed by atoms with E-state index < -0.39 is 5.69 Å². The van der Waals surface area contributed by atoms with Crippen LogP contribution in [0.3, 0.4) is 0 Å². The number of para-hydroxylation sites is 1. The van der Waals surface area contributed by atoms with Crippen LogP contribution in [0.25, 0.3) is 16.9 Å². The molecular weight excluding hydrogens is 365 g/mol. The summed E-state index contributed by atoms with van der Waals surface area (Å²) in [4.78, 5) is 33.9. The van der Waals surface area contributed by atoms with E-state index in [0.29, 0.717) is 10.9 Å². The molecule has 3 aromatic rings. The molecule has 0 saturated heterocycles. The normalized spacial score (nSPS) is 10.2. The average Bonchev–Trinajstić information content (AvgIpc) is 2.38. The van der Waals surface area contributed by atoms with Crippen LogP contribution < -0.4 is 17.0 Å². The molecule has 0 aliphatic heterocycles. The Balaban J connectivity index is 0.00000147. The summed E-state index contributed by atoms with van der Waals surface area (Å²) in [5.41, 5.74) is 5.00. The zero-order chi connectivity index (χ0) is 13.4. The molecule has 4 radical (unpaired) electrons. The van der Waals surface area contributed by atoms with E-state index in [-0.39, 0.29) is 41.2 Å². The SMILES string of the molecule is Nc1ccn(-c2nc3ccccc3c(=O)[nH]2)c(=O)n1.[Sn]. The van der Waals surface area contributed by atoms with Crippen LogP contribution >= 0.6 is 0 Å². The van der Waals surface area contributed by atoms with Gasteiger partial charge in [0, 0.05) is 30.1 Å². The van der Waals surface area contributed by atoms with Crippen molar-refractivity contribution in [3.05, 3.63) is 57.4 Å². The molecule has 0 aliphatic rings. The summed E-state index contributed by atoms with van der Waals surface area (Å²) >= 11 is 0. The molecule has 2 heterocycles. The van der Waals surface area contributed by atoms with E-state index >= 15 is 0 Å². The largest absolute Gasteiger partial charge is 0.383 e. The van der Waals surface area contributed by atoms with E-state index in [1.165, 1.54) is 12.3 Å². The number of nitrogens with zero attached hydrogens (tertiary/aromatic N) is 3. The number of rotatable bonds is 1. The maximum atomic E-state index is 11.9. The number of hydrogen-bond donors (Lipinski definition) is 2. The third-order valence-electron chi connectivity index (χ3n) is 2.65. The number of aromatic nitrogens is 4. The summed E-state index contributed by atoms with van der Waals surface area (Å²) in [6, 6.07) is 8.33. The van der Waals surface area contributed by atoms with Gasteiger partial charge in [-0.1, -0.05) is 12.1 Å². The second kappa shape index (κ2) is 5.45. The fourth-order valence-corrected chi connectivity index (χ4v) is 1.77. The zero-order valence-corrected chi connectivity index (χ0v) is 13.1. The number of aromatic amines is 1. The van der Waals surface area contributed by atoms with Crippen LogP contribution in [-0.4, -0.2) is 43.4 Å². The minimum Gasteiger partial charge on any atom is -0.383 e. The molecule has 0 bridgehead atoms. The molecule has 0 atom stereocenters. The average molecular weight is 374 g/mol. The summed E-state index contributed by atoms with van der Waals surface area (Å²) in [6.45, 7) is 0. The number of nitrogens with one attached hydrogen (secondary N) is 1. The van der Waals surface area contributed by atoms with Gasteiger partial charge in [0.25, 0.3) is 5.56 Å². The standard InChI is InChI=1S/C12H9N5O2.Sn/c13-9-5-6-17(12(19)15-9)11-14-8-4-2-1-3-7(8)10(18)16-11;/h1-6H,(H2,13,15,19)(H,14,16,18);. The van der Waals surface area contributed by atoms with E-state index in [4.69, 9.17) is 5.73 Å². The van der Waals surface area contributed by atoms with Gasteiger partial charge in [-0.05, 0) is 18.2 Å². The maximum Gasteiger partial charge on any atom is 0.356 e. The maximum absolute atomic E-state index is 11.9. The van der Waals surface area contributed by atoms with Crippen molar-refractivity contribution in [3.8, 4) is 5.95 Å². The number of hydrogen-bond acceptors (Lipinski definition) is 5. The number of anilines is 1. The first-order valence-electron chi connectivity index (χ1n) is 5.50. The second-order valence-electron chi connectivity index (χ2n) is 3.91. The Hall–Kier alpha value is -2.16. The number of nitrogen functional groups attached to an aromatic ring is 1. The summed E-state index contributed by atoms with van der Waals surface area (Å²) < 4.78 is 1.13. The summed E-state index contributed by atoms with van der Waals surface area (Å²) in [6.07, 6.45) is 1.41. The summed E-state index contributed by atoms with van der Waals surface area (Å²) in [5, 5.41) is 0.461. The molecule has 0 spiro atoms. The predicted molar refractivity (Wildman–Crippen MR) is 75.9 cm³/mol. The molecular formula is C12H9N5O2Sn. The molecule has 3 rings (SSSR count). The van der Waals surface area contributed by atoms with Gasteiger partial charge in [0.2, 0.25) is 5.95 Å². The first kappa shape index (κ1) is 14.3. The number of fused-ring (bicyclic) bond motifs is 1. The Kier molecular flexibility index (Phi) is 3.88. The van der Waals surface area contributed by atoms with Crippen LogP contribution in [0.1, 0.15) is 0 Å². The quantitative estimate of drug-likeness (QED) is 0.568. The van der Waals surface area contributed by atoms with Gasteiger partial charge in [-0.2, -0.15) is 4.98 Å². The summed E-state index contributed by atoms with van der Waals surface area (Å²) in [5.74, 6) is 0.227. The van der Waals surface area contributed by atoms with E-state index in [2.05, 4.69) is 15.0 Å². The van der Waals surface area contributed by atoms with Crippen LogP contribution in [0.2, 0.25) is 0 Å². The number of H-pyrrole nitrogens is 1. The third-order valence-corrected chi connectivity index (χ3v) is 2.65. The third kappa shape index (κ3) is 2.44. The van der Waals surface area contributed by atoms with Crippen LogP contribution in [0.15, 0.2) is 46.1 Å². The van der Waals surface area contributed by atoms with Gasteiger partial charge in [-0.25, -0.2) is 14.3 Å². The van der Waals surface area contributed by atoms with Crippen molar-refractivity contribution in [1.82, 2.24) is 19.5 Å². The molecule has 0 fully saturated rings. The van der Waals surface area contributed by atoms with Crippen LogP contribution in [-0.2, 0) is 0 Å². The van der Waals surface area contributed by atoms with Crippen molar-refractivity contribution in [3.63, 3.8) is 0 Å². The van der Waals surface area contributed by atoms with Gasteiger partial charge in [-0.15, -0.1) is 0 Å². The molecule has 20 heavy (non-hydrogen) atoms. The first-order chi connectivity index (χ1) is 9.15. The van der Waals surface area contributed by atoms with Gasteiger partial charge in [0.15, 0.2) is 0 Å². The fourth-order valence-electron chi connectivity index (χ4n) is 1.77. The summed E-state index contributed by atoms with van der Waals surface area (Å²) in [7, 11) is 0. The Bertz CT molecular complexity index is 887. The molecule has 0 amide bonds. The van der Waals surface area contributed by atoms with Crippen LogP contribution in [0, 0.1) is 0 Å². The molecule has 2 aromatic heterocycles. The molecule has 7 nitrogen and oxygen atoms in total. The molecule has 98 valence electrons. The minimum atomic E-state index is -0.599. The Morgan fingerprint density at radius 2 is 1.85 bits per heavy atom. The van der Waals surface area contributed by atoms with E-state index in [1.807, 2.05) is 0 Å². The molecule has 0 unspecified atom stereocenters. The van der Waals surface area contributed by atoms with Crippen LogP contribution in [0.4, 0.5) is 5.82 Å². The van der Waals surface area contributed by atoms with Gasteiger partial charge >= 0.3 is 5.69 Å². The number of nitrogens with two attached hydrogens (primary N) is 1. The monoisotopic (exact) mass is 375 g/mol. The molecule has 0 aliphatic carbocycles. The van der Waals surface area contributed by atoms with Crippen molar-refractivity contribution in [2.45, 2.75) is 0 Å². The van der Waals surface area contributed by atoms with E-state index in [9.17, 15) is 9.59 Å². The van der Waals surface area contributed by atoms with Gasteiger partial charge in [0.05, 0.1) is 10.9 Å². The van der Waals surface area contributed by atoms with Crippen molar-refractivity contribution in [2.75, 3.05) is 5.73 Å². The molecule has 1 aromatic carbocycles. The second-order valence-corrected chi connectivity index (χ2v) is 3.91. The van der Waals surface area contributed by atoms with E-state index in [0.717, 1.165) is 4.57 Å². The van der Waals surface area contributed by atoms with Crippen LogP contribution in [0.5, 0.6) is 0 Å². The Morgan fingerprint density at radius 1 is 1.10 bits per heavy atom. The Labute approximate surface area is 129 Å².